The molecule has 0 spiro atoms. The van der Waals surface area contributed by atoms with Gasteiger partial charge >= 0.3 is 0 Å². The van der Waals surface area contributed by atoms with E-state index in [-0.39, 0.29) is 0 Å². The second-order valence-electron chi connectivity index (χ2n) is 2.69. The number of hydrogen-bond acceptors (Lipinski definition) is 2. The molecular weight excluding hydrogens is 100 g/mol. The van der Waals surface area contributed by atoms with Crippen LogP contribution in [0, 0.1) is 0 Å². The second kappa shape index (κ2) is 2.46. The Labute approximate surface area is 50.2 Å². The van der Waals surface area contributed by atoms with Crippen LogP contribution >= 0.6 is 0 Å². The normalized spacial score (nSPS) is 39.8. The molecule has 0 aliphatic heterocycles. The fourth-order valence-electron chi connectivity index (χ4n) is 1.27. The lowest BCUT2D eigenvalue weighted by Gasteiger charge is -2.22. The molecule has 48 valence electrons. The molecule has 1 fully saturated rings. The van der Waals surface area contributed by atoms with E-state index in [1.54, 1.807) is 0 Å². The van der Waals surface area contributed by atoms with Crippen LogP contribution in [0.25, 0.3) is 0 Å². The third kappa shape index (κ3) is 1.46. The summed E-state index contributed by atoms with van der Waals surface area (Å²) >= 11 is 0. The lowest BCUT2D eigenvalue weighted by Crippen LogP contribution is -2.35. The Morgan fingerprint density at radius 3 is 1.75 bits per heavy atom. The molecule has 1 rings (SSSR count). The van der Waals surface area contributed by atoms with E-state index in [4.69, 9.17) is 11.5 Å². The summed E-state index contributed by atoms with van der Waals surface area (Å²) in [6, 6.07) is 0.775. The van der Waals surface area contributed by atoms with E-state index in [0.29, 0.717) is 12.1 Å². The molecule has 0 amide bonds. The van der Waals surface area contributed by atoms with E-state index < -0.39 is 0 Å². The first-order chi connectivity index (χ1) is 3.79. The van der Waals surface area contributed by atoms with Crippen LogP contribution in [0.4, 0.5) is 0 Å². The topological polar surface area (TPSA) is 52.0 Å². The molecule has 0 heterocycles. The zero-order valence-electron chi connectivity index (χ0n) is 5.14. The summed E-state index contributed by atoms with van der Waals surface area (Å²) in [5.41, 5.74) is 11.3. The van der Waals surface area contributed by atoms with E-state index in [2.05, 4.69) is 0 Å². The van der Waals surface area contributed by atoms with Crippen LogP contribution in [0.15, 0.2) is 0 Å². The Morgan fingerprint density at radius 2 is 1.50 bits per heavy atom. The first-order valence-corrected chi connectivity index (χ1v) is 3.30. The number of rotatable bonds is 0. The van der Waals surface area contributed by atoms with E-state index in [9.17, 15) is 0 Å². The maximum atomic E-state index is 5.65. The third-order valence-corrected chi connectivity index (χ3v) is 1.76. The van der Waals surface area contributed by atoms with Crippen LogP contribution in [0.2, 0.25) is 0 Å². The van der Waals surface area contributed by atoms with Crippen LogP contribution in [0.3, 0.4) is 0 Å². The molecule has 0 aromatic heterocycles. The van der Waals surface area contributed by atoms with Gasteiger partial charge in [-0.05, 0) is 19.3 Å². The van der Waals surface area contributed by atoms with Crippen molar-refractivity contribution in [2.75, 3.05) is 0 Å². The molecule has 2 heteroatoms. The lowest BCUT2D eigenvalue weighted by molar-refractivity contribution is 0.392. The van der Waals surface area contributed by atoms with Crippen molar-refractivity contribution >= 4 is 0 Å². The van der Waals surface area contributed by atoms with Gasteiger partial charge in [-0.2, -0.15) is 0 Å². The Hall–Kier alpha value is -0.0800. The minimum Gasteiger partial charge on any atom is -0.328 e. The van der Waals surface area contributed by atoms with Crippen molar-refractivity contribution in [1.29, 1.82) is 0 Å². The highest BCUT2D eigenvalue weighted by Crippen LogP contribution is 2.14. The van der Waals surface area contributed by atoms with Gasteiger partial charge in [0.25, 0.3) is 0 Å². The molecule has 0 bridgehead atoms. The molecule has 2 atom stereocenters. The summed E-state index contributed by atoms with van der Waals surface area (Å²) in [6.45, 7) is 0. The van der Waals surface area contributed by atoms with Crippen molar-refractivity contribution in [3.8, 4) is 0 Å². The number of nitrogens with two attached hydrogens (primary N) is 2. The zero-order chi connectivity index (χ0) is 5.98. The zero-order valence-corrected chi connectivity index (χ0v) is 5.14. The Kier molecular flexibility index (Phi) is 1.86. The Balaban J connectivity index is 2.23. The van der Waals surface area contributed by atoms with Crippen molar-refractivity contribution in [3.05, 3.63) is 0 Å². The van der Waals surface area contributed by atoms with Crippen LogP contribution in [-0.4, -0.2) is 12.1 Å². The van der Waals surface area contributed by atoms with Crippen molar-refractivity contribution in [1.82, 2.24) is 0 Å². The quantitative estimate of drug-likeness (QED) is 0.473. The summed E-state index contributed by atoms with van der Waals surface area (Å²) < 4.78 is 0. The minimum absolute atomic E-state index is 0.388. The van der Waals surface area contributed by atoms with Gasteiger partial charge in [0.1, 0.15) is 0 Å². The molecule has 1 saturated carbocycles. The van der Waals surface area contributed by atoms with Gasteiger partial charge < -0.3 is 11.5 Å². The first-order valence-electron chi connectivity index (χ1n) is 3.30. The average molecular weight is 114 g/mol. The van der Waals surface area contributed by atoms with E-state index >= 15 is 0 Å². The maximum absolute atomic E-state index is 5.65. The average Bonchev–Trinajstić information content (AvgIpc) is 1.64. The van der Waals surface area contributed by atoms with Crippen LogP contribution in [0.5, 0.6) is 0 Å². The van der Waals surface area contributed by atoms with E-state index in [0.717, 1.165) is 6.42 Å². The Morgan fingerprint density at radius 1 is 1.00 bits per heavy atom. The molecular formula is C6H14N2. The SMILES string of the molecule is N[C@@H]1CCC[C@@H](N)C1. The van der Waals surface area contributed by atoms with Gasteiger partial charge in [-0.25, -0.2) is 0 Å². The van der Waals surface area contributed by atoms with Gasteiger partial charge in [0.05, 0.1) is 0 Å². The molecule has 1 aliphatic rings. The largest absolute Gasteiger partial charge is 0.328 e. The summed E-state index contributed by atoms with van der Waals surface area (Å²) in [5.74, 6) is 0. The molecule has 8 heavy (non-hydrogen) atoms. The molecule has 4 N–H and O–H groups in total. The summed E-state index contributed by atoms with van der Waals surface area (Å²) in [4.78, 5) is 0. The second-order valence-corrected chi connectivity index (χ2v) is 2.69. The van der Waals surface area contributed by atoms with Crippen molar-refractivity contribution in [2.45, 2.75) is 37.8 Å². The van der Waals surface area contributed by atoms with Gasteiger partial charge in [0.2, 0.25) is 0 Å². The molecule has 0 saturated heterocycles. The molecule has 2 nitrogen and oxygen atoms in total. The van der Waals surface area contributed by atoms with Crippen molar-refractivity contribution in [3.63, 3.8) is 0 Å². The van der Waals surface area contributed by atoms with Crippen LogP contribution in [0.1, 0.15) is 25.7 Å². The predicted octanol–water partition coefficient (Wildman–Crippen LogP) is 0.215. The van der Waals surface area contributed by atoms with Gasteiger partial charge in [-0.3, -0.25) is 0 Å². The van der Waals surface area contributed by atoms with Gasteiger partial charge in [0.15, 0.2) is 0 Å². The summed E-state index contributed by atoms with van der Waals surface area (Å²) in [7, 11) is 0. The highest BCUT2D eigenvalue weighted by atomic mass is 14.7. The lowest BCUT2D eigenvalue weighted by atomic mass is 9.92. The minimum atomic E-state index is 0.388. The first kappa shape index (κ1) is 6.05. The van der Waals surface area contributed by atoms with Gasteiger partial charge in [-0.1, -0.05) is 6.42 Å². The van der Waals surface area contributed by atoms with Gasteiger partial charge in [-0.15, -0.1) is 0 Å². The summed E-state index contributed by atoms with van der Waals surface area (Å²) in [5, 5.41) is 0. The third-order valence-electron chi connectivity index (χ3n) is 1.76. The fourth-order valence-corrected chi connectivity index (χ4v) is 1.27. The number of hydrogen-bond donors (Lipinski definition) is 2. The monoisotopic (exact) mass is 114 g/mol. The van der Waals surface area contributed by atoms with Crippen LogP contribution < -0.4 is 11.5 Å². The standard InChI is InChI=1S/C6H14N2/c7-5-2-1-3-6(8)4-5/h5-6H,1-4,7-8H2/t5-,6-/m1/s1. The fraction of sp³-hybridized carbons (Fsp3) is 1.00. The summed E-state index contributed by atoms with van der Waals surface area (Å²) in [6.07, 6.45) is 4.60. The highest BCUT2D eigenvalue weighted by Gasteiger charge is 2.14. The molecule has 1 aliphatic carbocycles. The van der Waals surface area contributed by atoms with E-state index in [1.165, 1.54) is 19.3 Å². The highest BCUT2D eigenvalue weighted by molar-refractivity contribution is 4.76. The molecule has 0 radical (unpaired) electrons. The maximum Gasteiger partial charge on any atom is 0.00535 e. The smallest absolute Gasteiger partial charge is 0.00535 e. The van der Waals surface area contributed by atoms with Crippen molar-refractivity contribution < 1.29 is 0 Å². The van der Waals surface area contributed by atoms with Gasteiger partial charge in [0, 0.05) is 12.1 Å². The molecule has 0 unspecified atom stereocenters. The predicted molar refractivity (Wildman–Crippen MR) is 34.4 cm³/mol. The van der Waals surface area contributed by atoms with Crippen molar-refractivity contribution in [2.24, 2.45) is 11.5 Å². The molecule has 0 aromatic carbocycles. The Bertz CT molecular complexity index is 64.9. The molecule has 0 aromatic rings. The van der Waals surface area contributed by atoms with Crippen LogP contribution in [-0.2, 0) is 0 Å². The van der Waals surface area contributed by atoms with E-state index in [1.807, 2.05) is 0 Å².